The largest absolute Gasteiger partial charge is 0.355 e. The summed E-state index contributed by atoms with van der Waals surface area (Å²) in [5.41, 5.74) is -0.0760. The van der Waals surface area contributed by atoms with Crippen LogP contribution in [0.15, 0.2) is 0 Å². The third-order valence-electron chi connectivity index (χ3n) is 3.02. The molecule has 0 atom stereocenters. The van der Waals surface area contributed by atoms with Gasteiger partial charge in [-0.05, 0) is 12.8 Å². The lowest BCUT2D eigenvalue weighted by Crippen LogP contribution is -2.33. The zero-order chi connectivity index (χ0) is 10.0. The highest BCUT2D eigenvalue weighted by Gasteiger charge is 2.44. The molecule has 76 valence electrons. The summed E-state index contributed by atoms with van der Waals surface area (Å²) in [5, 5.41) is 11.8. The number of nitrogens with one attached hydrogen (secondary N) is 1. The standard InChI is InChI=1S/C10H15N3O/c11-7-10(2-3-10)8-13-5-1-9(14)12-4-6-13/h1-6,8H2,(H,12,14). The van der Waals surface area contributed by atoms with E-state index in [9.17, 15) is 4.79 Å². The summed E-state index contributed by atoms with van der Waals surface area (Å²) in [6.07, 6.45) is 2.63. The van der Waals surface area contributed by atoms with Gasteiger partial charge in [-0.15, -0.1) is 0 Å². The van der Waals surface area contributed by atoms with E-state index in [1.54, 1.807) is 0 Å². The molecule has 0 bridgehead atoms. The molecular weight excluding hydrogens is 178 g/mol. The molecule has 0 unspecified atom stereocenters. The van der Waals surface area contributed by atoms with Crippen LogP contribution in [0.1, 0.15) is 19.3 Å². The van der Waals surface area contributed by atoms with Gasteiger partial charge in [0.25, 0.3) is 0 Å². The fourth-order valence-electron chi connectivity index (χ4n) is 1.86. The lowest BCUT2D eigenvalue weighted by Gasteiger charge is -2.21. The van der Waals surface area contributed by atoms with Crippen LogP contribution >= 0.6 is 0 Å². The topological polar surface area (TPSA) is 56.1 Å². The minimum absolute atomic E-state index is 0.0760. The molecule has 2 aliphatic rings. The van der Waals surface area contributed by atoms with Crippen LogP contribution in [0.2, 0.25) is 0 Å². The number of hydrogen-bond acceptors (Lipinski definition) is 3. The normalized spacial score (nSPS) is 26.1. The first kappa shape index (κ1) is 9.47. The Hall–Kier alpha value is -1.08. The van der Waals surface area contributed by atoms with Crippen molar-refractivity contribution in [1.82, 2.24) is 10.2 Å². The van der Waals surface area contributed by atoms with Gasteiger partial charge < -0.3 is 5.32 Å². The quantitative estimate of drug-likeness (QED) is 0.677. The molecule has 2 rings (SSSR count). The fourth-order valence-corrected chi connectivity index (χ4v) is 1.86. The van der Waals surface area contributed by atoms with Crippen molar-refractivity contribution in [3.8, 4) is 6.07 Å². The van der Waals surface area contributed by atoms with Crippen molar-refractivity contribution in [2.45, 2.75) is 19.3 Å². The Morgan fingerprint density at radius 1 is 1.50 bits per heavy atom. The highest BCUT2D eigenvalue weighted by atomic mass is 16.1. The monoisotopic (exact) mass is 193 g/mol. The minimum atomic E-state index is -0.0760. The number of nitrogens with zero attached hydrogens (tertiary/aromatic N) is 2. The van der Waals surface area contributed by atoms with E-state index in [0.29, 0.717) is 6.42 Å². The van der Waals surface area contributed by atoms with Crippen LogP contribution in [-0.4, -0.2) is 37.0 Å². The van der Waals surface area contributed by atoms with E-state index >= 15 is 0 Å². The third-order valence-corrected chi connectivity index (χ3v) is 3.02. The van der Waals surface area contributed by atoms with E-state index in [4.69, 9.17) is 5.26 Å². The molecule has 0 radical (unpaired) electrons. The van der Waals surface area contributed by atoms with Crippen molar-refractivity contribution < 1.29 is 4.79 Å². The molecule has 14 heavy (non-hydrogen) atoms. The highest BCUT2D eigenvalue weighted by molar-refractivity contribution is 5.76. The number of rotatable bonds is 2. The number of amides is 1. The van der Waals surface area contributed by atoms with Crippen LogP contribution in [0.3, 0.4) is 0 Å². The van der Waals surface area contributed by atoms with Gasteiger partial charge in [0.05, 0.1) is 11.5 Å². The lowest BCUT2D eigenvalue weighted by molar-refractivity contribution is -0.120. The number of hydrogen-bond donors (Lipinski definition) is 1. The first-order valence-corrected chi connectivity index (χ1v) is 5.14. The molecule has 4 nitrogen and oxygen atoms in total. The summed E-state index contributed by atoms with van der Waals surface area (Å²) in [6.45, 7) is 3.25. The Kier molecular flexibility index (Phi) is 2.42. The molecule has 0 spiro atoms. The van der Waals surface area contributed by atoms with Gasteiger partial charge in [0, 0.05) is 32.6 Å². The highest BCUT2D eigenvalue weighted by Crippen LogP contribution is 2.45. The molecule has 1 amide bonds. The van der Waals surface area contributed by atoms with E-state index in [2.05, 4.69) is 16.3 Å². The van der Waals surface area contributed by atoms with E-state index in [1.165, 1.54) is 0 Å². The Morgan fingerprint density at radius 3 is 2.93 bits per heavy atom. The second-order valence-corrected chi connectivity index (χ2v) is 4.27. The van der Waals surface area contributed by atoms with Gasteiger partial charge in [0.1, 0.15) is 0 Å². The molecule has 0 aromatic heterocycles. The molecule has 1 saturated carbocycles. The summed E-state index contributed by atoms with van der Waals surface area (Å²) in [4.78, 5) is 13.3. The second-order valence-electron chi connectivity index (χ2n) is 4.27. The maximum absolute atomic E-state index is 11.1. The Morgan fingerprint density at radius 2 is 2.29 bits per heavy atom. The van der Waals surface area contributed by atoms with E-state index < -0.39 is 0 Å². The van der Waals surface area contributed by atoms with Crippen LogP contribution in [0.25, 0.3) is 0 Å². The summed E-state index contributed by atoms with van der Waals surface area (Å²) < 4.78 is 0. The molecule has 1 aliphatic carbocycles. The van der Waals surface area contributed by atoms with Gasteiger partial charge in [0.15, 0.2) is 0 Å². The summed E-state index contributed by atoms with van der Waals surface area (Å²) in [6, 6.07) is 2.38. The Labute approximate surface area is 83.9 Å². The van der Waals surface area contributed by atoms with Gasteiger partial charge in [-0.3, -0.25) is 9.69 Å². The average Bonchev–Trinajstić information content (AvgIpc) is 2.95. The number of carbonyl (C=O) groups excluding carboxylic acids is 1. The lowest BCUT2D eigenvalue weighted by atomic mass is 10.1. The SMILES string of the molecule is N#CC1(CN2CCNC(=O)CC2)CC1. The Bertz CT molecular complexity index is 278. The second kappa shape index (κ2) is 3.58. The maximum atomic E-state index is 11.1. The summed E-state index contributed by atoms with van der Waals surface area (Å²) in [7, 11) is 0. The van der Waals surface area contributed by atoms with Crippen LogP contribution < -0.4 is 5.32 Å². The fraction of sp³-hybridized carbons (Fsp3) is 0.800. The predicted octanol–water partition coefficient (Wildman–Crippen LogP) is 0.112. The van der Waals surface area contributed by atoms with Gasteiger partial charge >= 0.3 is 0 Å². The molecule has 4 heteroatoms. The number of carbonyl (C=O) groups is 1. The number of nitriles is 1. The molecular formula is C10H15N3O. The predicted molar refractivity (Wildman–Crippen MR) is 51.3 cm³/mol. The van der Waals surface area contributed by atoms with Crippen LogP contribution in [-0.2, 0) is 4.79 Å². The van der Waals surface area contributed by atoms with Crippen molar-refractivity contribution >= 4 is 5.91 Å². The van der Waals surface area contributed by atoms with Crippen molar-refractivity contribution in [3.05, 3.63) is 0 Å². The maximum Gasteiger partial charge on any atom is 0.221 e. The molecule has 1 heterocycles. The first-order chi connectivity index (χ1) is 6.74. The molecule has 2 fully saturated rings. The van der Waals surface area contributed by atoms with Gasteiger partial charge in [-0.2, -0.15) is 5.26 Å². The Balaban J connectivity index is 1.86. The average molecular weight is 193 g/mol. The first-order valence-electron chi connectivity index (χ1n) is 5.14. The minimum Gasteiger partial charge on any atom is -0.355 e. The smallest absolute Gasteiger partial charge is 0.221 e. The zero-order valence-electron chi connectivity index (χ0n) is 8.25. The summed E-state index contributed by atoms with van der Waals surface area (Å²) >= 11 is 0. The van der Waals surface area contributed by atoms with Crippen LogP contribution in [0.4, 0.5) is 0 Å². The van der Waals surface area contributed by atoms with E-state index in [-0.39, 0.29) is 11.3 Å². The van der Waals surface area contributed by atoms with Crippen molar-refractivity contribution in [2.75, 3.05) is 26.2 Å². The van der Waals surface area contributed by atoms with Gasteiger partial charge in [-0.25, -0.2) is 0 Å². The van der Waals surface area contributed by atoms with Gasteiger partial charge in [-0.1, -0.05) is 0 Å². The van der Waals surface area contributed by atoms with Crippen LogP contribution in [0, 0.1) is 16.7 Å². The molecule has 0 aromatic rings. The van der Waals surface area contributed by atoms with Crippen LogP contribution in [0.5, 0.6) is 0 Å². The molecule has 1 saturated heterocycles. The third kappa shape index (κ3) is 2.05. The van der Waals surface area contributed by atoms with Crippen molar-refractivity contribution in [3.63, 3.8) is 0 Å². The van der Waals surface area contributed by atoms with E-state index in [0.717, 1.165) is 39.0 Å². The summed E-state index contributed by atoms with van der Waals surface area (Å²) in [5.74, 6) is 0.134. The molecule has 1 aliphatic heterocycles. The zero-order valence-corrected chi connectivity index (χ0v) is 8.25. The molecule has 0 aromatic carbocycles. The van der Waals surface area contributed by atoms with Crippen molar-refractivity contribution in [1.29, 1.82) is 5.26 Å². The van der Waals surface area contributed by atoms with Gasteiger partial charge in [0.2, 0.25) is 5.91 Å². The van der Waals surface area contributed by atoms with E-state index in [1.807, 2.05) is 0 Å². The molecule has 1 N–H and O–H groups in total. The van der Waals surface area contributed by atoms with Crippen molar-refractivity contribution in [2.24, 2.45) is 5.41 Å².